The third-order valence-corrected chi connectivity index (χ3v) is 7.46. The van der Waals surface area contributed by atoms with Crippen LogP contribution in [0.1, 0.15) is 37.3 Å². The summed E-state index contributed by atoms with van der Waals surface area (Å²) in [5.41, 5.74) is 2.63. The fourth-order valence-corrected chi connectivity index (χ4v) is 5.73. The van der Waals surface area contributed by atoms with E-state index >= 15 is 0 Å². The van der Waals surface area contributed by atoms with Gasteiger partial charge in [-0.25, -0.2) is 0 Å². The molecule has 5 heteroatoms. The average Bonchev–Trinajstić information content (AvgIpc) is 3.45. The maximum atomic E-state index is 12.9. The number of amides is 2. The summed E-state index contributed by atoms with van der Waals surface area (Å²) in [6.45, 7) is 5.12. The van der Waals surface area contributed by atoms with Gasteiger partial charge in [-0.05, 0) is 47.2 Å². The van der Waals surface area contributed by atoms with Crippen molar-refractivity contribution in [1.82, 2.24) is 9.80 Å². The number of hydrogen-bond donors (Lipinski definition) is 0. The zero-order valence-electron chi connectivity index (χ0n) is 17.2. The zero-order chi connectivity index (χ0) is 20.3. The van der Waals surface area contributed by atoms with E-state index in [0.29, 0.717) is 18.8 Å². The van der Waals surface area contributed by atoms with E-state index in [0.717, 1.165) is 45.4 Å². The van der Waals surface area contributed by atoms with E-state index in [4.69, 9.17) is 0 Å². The molecule has 0 N–H and O–H groups in total. The molecule has 0 spiro atoms. The van der Waals surface area contributed by atoms with Crippen LogP contribution in [0.3, 0.4) is 0 Å². The Bertz CT molecular complexity index is 836. The van der Waals surface area contributed by atoms with Gasteiger partial charge in [0.15, 0.2) is 0 Å². The number of fused-ring (bicyclic) bond motifs is 1. The molecule has 0 aliphatic carbocycles. The van der Waals surface area contributed by atoms with Crippen molar-refractivity contribution >= 4 is 23.2 Å². The predicted molar refractivity (Wildman–Crippen MR) is 117 cm³/mol. The van der Waals surface area contributed by atoms with E-state index in [9.17, 15) is 9.59 Å². The second-order valence-corrected chi connectivity index (χ2v) is 9.36. The van der Waals surface area contributed by atoms with E-state index in [2.05, 4.69) is 46.0 Å². The summed E-state index contributed by atoms with van der Waals surface area (Å²) in [6.07, 6.45) is 3.99. The number of thiophene rings is 1. The maximum absolute atomic E-state index is 12.9. The maximum Gasteiger partial charge on any atom is 0.222 e. The molecule has 2 atom stereocenters. The number of nitrogens with zero attached hydrogens (tertiary/aromatic N) is 2. The summed E-state index contributed by atoms with van der Waals surface area (Å²) in [5, 5.41) is 4.19. The van der Waals surface area contributed by atoms with Crippen molar-refractivity contribution in [1.29, 1.82) is 0 Å². The molecule has 3 heterocycles. The highest BCUT2D eigenvalue weighted by Crippen LogP contribution is 2.46. The molecule has 2 amide bonds. The first-order valence-corrected chi connectivity index (χ1v) is 11.6. The van der Waals surface area contributed by atoms with Crippen LogP contribution in [0.2, 0.25) is 0 Å². The Morgan fingerprint density at radius 2 is 1.72 bits per heavy atom. The Hall–Kier alpha value is -2.14. The molecule has 4 nitrogen and oxygen atoms in total. The van der Waals surface area contributed by atoms with Crippen molar-refractivity contribution in [3.8, 4) is 0 Å². The minimum Gasteiger partial charge on any atom is -0.342 e. The van der Waals surface area contributed by atoms with Gasteiger partial charge in [0.1, 0.15) is 0 Å². The van der Waals surface area contributed by atoms with Crippen LogP contribution in [0, 0.1) is 11.3 Å². The Kier molecular flexibility index (Phi) is 6.04. The van der Waals surface area contributed by atoms with Crippen molar-refractivity contribution in [2.24, 2.45) is 11.3 Å². The number of likely N-dealkylation sites (tertiary alicyclic amines) is 2. The molecule has 0 bridgehead atoms. The summed E-state index contributed by atoms with van der Waals surface area (Å²) in [5.74, 6) is 0.902. The molecule has 2 aliphatic rings. The fourth-order valence-electron chi connectivity index (χ4n) is 5.02. The van der Waals surface area contributed by atoms with Crippen molar-refractivity contribution in [3.63, 3.8) is 0 Å². The molecule has 0 radical (unpaired) electrons. The number of hydrogen-bond acceptors (Lipinski definition) is 3. The molecule has 154 valence electrons. The molecule has 2 saturated heterocycles. The van der Waals surface area contributed by atoms with Gasteiger partial charge < -0.3 is 9.80 Å². The lowest BCUT2D eigenvalue weighted by Crippen LogP contribution is -2.39. The van der Waals surface area contributed by atoms with Gasteiger partial charge in [-0.3, -0.25) is 9.59 Å². The molecule has 1 aromatic heterocycles. The zero-order valence-corrected chi connectivity index (χ0v) is 18.0. The molecule has 4 rings (SSSR count). The first-order valence-electron chi connectivity index (χ1n) is 10.7. The minimum absolute atomic E-state index is 0.0404. The molecule has 2 aromatic rings. The third-order valence-electron chi connectivity index (χ3n) is 6.73. The first kappa shape index (κ1) is 20.1. The fraction of sp³-hybridized carbons (Fsp3) is 0.500. The summed E-state index contributed by atoms with van der Waals surface area (Å²) < 4.78 is 0. The molecule has 1 aromatic carbocycles. The lowest BCUT2D eigenvalue weighted by molar-refractivity contribution is -0.131. The van der Waals surface area contributed by atoms with E-state index in [1.807, 2.05) is 17.9 Å². The van der Waals surface area contributed by atoms with Crippen LogP contribution in [-0.2, 0) is 22.4 Å². The second-order valence-electron chi connectivity index (χ2n) is 8.58. The number of aryl methyl sites for hydroxylation is 2. The minimum atomic E-state index is 0.0404. The number of carbonyl (C=O) groups is 2. The molecule has 2 unspecified atom stereocenters. The number of carbonyl (C=O) groups excluding carboxylic acids is 2. The van der Waals surface area contributed by atoms with Crippen LogP contribution in [0.4, 0.5) is 0 Å². The van der Waals surface area contributed by atoms with E-state index < -0.39 is 0 Å². The highest BCUT2D eigenvalue weighted by Gasteiger charge is 2.53. The van der Waals surface area contributed by atoms with Crippen LogP contribution in [-0.4, -0.2) is 47.8 Å². The van der Waals surface area contributed by atoms with Crippen LogP contribution in [0.15, 0.2) is 47.2 Å². The van der Waals surface area contributed by atoms with Gasteiger partial charge in [0.25, 0.3) is 0 Å². The molecular formula is C24H30N2O2S. The number of rotatable bonds is 7. The molecular weight excluding hydrogens is 380 g/mol. The van der Waals surface area contributed by atoms with Gasteiger partial charge in [-0.15, -0.1) is 0 Å². The highest BCUT2D eigenvalue weighted by molar-refractivity contribution is 7.07. The van der Waals surface area contributed by atoms with Gasteiger partial charge in [0.2, 0.25) is 11.8 Å². The molecule has 0 saturated carbocycles. The van der Waals surface area contributed by atoms with Crippen molar-refractivity contribution in [3.05, 3.63) is 58.3 Å². The molecule has 2 fully saturated rings. The van der Waals surface area contributed by atoms with E-state index in [-0.39, 0.29) is 17.2 Å². The van der Waals surface area contributed by atoms with E-state index in [1.165, 1.54) is 11.1 Å². The second kappa shape index (κ2) is 8.70. The summed E-state index contributed by atoms with van der Waals surface area (Å²) in [4.78, 5) is 29.4. The third kappa shape index (κ3) is 4.40. The normalized spacial score (nSPS) is 23.4. The summed E-state index contributed by atoms with van der Waals surface area (Å²) in [6, 6.07) is 12.7. The van der Waals surface area contributed by atoms with Gasteiger partial charge in [-0.1, -0.05) is 37.3 Å². The van der Waals surface area contributed by atoms with Crippen molar-refractivity contribution in [2.45, 2.75) is 39.0 Å². The van der Waals surface area contributed by atoms with Crippen LogP contribution in [0.5, 0.6) is 0 Å². The quantitative estimate of drug-likeness (QED) is 0.692. The highest BCUT2D eigenvalue weighted by atomic mass is 32.1. The lowest BCUT2D eigenvalue weighted by Gasteiger charge is -2.29. The van der Waals surface area contributed by atoms with E-state index in [1.54, 1.807) is 11.3 Å². The predicted octanol–water partition coefficient (Wildman–Crippen LogP) is 4.01. The van der Waals surface area contributed by atoms with Gasteiger partial charge in [0.05, 0.1) is 0 Å². The lowest BCUT2D eigenvalue weighted by atomic mass is 9.76. The van der Waals surface area contributed by atoms with Gasteiger partial charge in [-0.2, -0.15) is 11.3 Å². The monoisotopic (exact) mass is 410 g/mol. The Balaban J connectivity index is 1.44. The Labute approximate surface area is 177 Å². The molecule has 2 aliphatic heterocycles. The summed E-state index contributed by atoms with van der Waals surface area (Å²) >= 11 is 1.68. The Morgan fingerprint density at radius 1 is 1.00 bits per heavy atom. The number of benzene rings is 1. The Morgan fingerprint density at radius 3 is 2.38 bits per heavy atom. The van der Waals surface area contributed by atoms with Crippen LogP contribution >= 0.6 is 11.3 Å². The average molecular weight is 411 g/mol. The first-order chi connectivity index (χ1) is 14.1. The van der Waals surface area contributed by atoms with Crippen LogP contribution < -0.4 is 0 Å². The largest absolute Gasteiger partial charge is 0.342 e. The van der Waals surface area contributed by atoms with Crippen LogP contribution in [0.25, 0.3) is 0 Å². The molecule has 29 heavy (non-hydrogen) atoms. The van der Waals surface area contributed by atoms with Crippen molar-refractivity contribution in [2.75, 3.05) is 26.2 Å². The summed E-state index contributed by atoms with van der Waals surface area (Å²) in [7, 11) is 0. The smallest absolute Gasteiger partial charge is 0.222 e. The van der Waals surface area contributed by atoms with Gasteiger partial charge >= 0.3 is 0 Å². The topological polar surface area (TPSA) is 40.6 Å². The SMILES string of the molecule is CCC(=O)N1CC2CN(C(=O)CCc3ccsc3)CC2(CCc2ccccc2)C1. The van der Waals surface area contributed by atoms with Crippen molar-refractivity contribution < 1.29 is 9.59 Å². The van der Waals surface area contributed by atoms with Gasteiger partial charge in [0, 0.05) is 50.4 Å². The standard InChI is InChI=1S/C24H30N2O2S/c1-2-22(27)25-14-21-15-26(23(28)9-8-20-11-13-29-16-20)18-24(21,17-25)12-10-19-6-4-3-5-7-19/h3-7,11,13,16,21H,2,8-10,12,14-15,17-18H2,1H3.